The third-order valence-electron chi connectivity index (χ3n) is 6.19. The van der Waals surface area contributed by atoms with Crippen molar-refractivity contribution in [1.82, 2.24) is 25.6 Å². The fourth-order valence-electron chi connectivity index (χ4n) is 4.41. The van der Waals surface area contributed by atoms with Gasteiger partial charge in [0.25, 0.3) is 0 Å². The molecule has 1 fully saturated rings. The first-order valence-corrected chi connectivity index (χ1v) is 10.7. The fraction of sp³-hybridized carbons (Fsp3) is 0.364. The Hall–Kier alpha value is -3.47. The van der Waals surface area contributed by atoms with Gasteiger partial charge < -0.3 is 15.6 Å². The summed E-state index contributed by atoms with van der Waals surface area (Å²) in [5.41, 5.74) is 4.83. The minimum atomic E-state index is -4.40. The number of fused-ring (bicyclic) bond motifs is 2. The van der Waals surface area contributed by atoms with E-state index in [1.165, 1.54) is 13.0 Å². The first-order chi connectivity index (χ1) is 15.8. The van der Waals surface area contributed by atoms with Crippen LogP contribution in [-0.4, -0.2) is 52.3 Å². The molecule has 3 aromatic rings. The first kappa shape index (κ1) is 21.4. The van der Waals surface area contributed by atoms with Crippen LogP contribution in [0.1, 0.15) is 29.7 Å². The molecule has 4 heterocycles. The highest BCUT2D eigenvalue weighted by Gasteiger charge is 2.33. The normalized spacial score (nSPS) is 19.4. The quantitative estimate of drug-likeness (QED) is 0.622. The van der Waals surface area contributed by atoms with Gasteiger partial charge in [-0.3, -0.25) is 9.98 Å². The number of aromatic nitrogens is 3. The van der Waals surface area contributed by atoms with Gasteiger partial charge in [0.15, 0.2) is 5.82 Å². The highest BCUT2D eigenvalue weighted by atomic mass is 19.4. The lowest BCUT2D eigenvalue weighted by Crippen LogP contribution is -2.53. The van der Waals surface area contributed by atoms with E-state index in [9.17, 15) is 13.2 Å². The first-order valence-electron chi connectivity index (χ1n) is 10.7. The molecule has 8 nitrogen and oxygen atoms in total. The number of aliphatic imine (C=N–C) groups is 1. The molecular formula is C22H23F3N8. The van der Waals surface area contributed by atoms with E-state index in [0.29, 0.717) is 16.9 Å². The molecule has 0 spiro atoms. The molecule has 1 aromatic carbocycles. The molecular weight excluding hydrogens is 433 g/mol. The third kappa shape index (κ3) is 4.04. The van der Waals surface area contributed by atoms with E-state index in [1.54, 1.807) is 24.8 Å². The Bertz CT molecular complexity index is 1210. The molecule has 0 bridgehead atoms. The average Bonchev–Trinajstić information content (AvgIpc) is 3.26. The Morgan fingerprint density at radius 1 is 1.21 bits per heavy atom. The molecule has 2 atom stereocenters. The summed E-state index contributed by atoms with van der Waals surface area (Å²) < 4.78 is 40.1. The van der Waals surface area contributed by atoms with Gasteiger partial charge in [0.05, 0.1) is 48.1 Å². The Morgan fingerprint density at radius 2 is 2.06 bits per heavy atom. The van der Waals surface area contributed by atoms with Crippen LogP contribution in [0.5, 0.6) is 0 Å². The van der Waals surface area contributed by atoms with Crippen molar-refractivity contribution in [2.75, 3.05) is 29.9 Å². The maximum atomic E-state index is 13.4. The molecule has 11 heteroatoms. The lowest BCUT2D eigenvalue weighted by molar-refractivity contribution is -0.138. The summed E-state index contributed by atoms with van der Waals surface area (Å²) in [5.74, 6) is 0.477. The number of hydrazine groups is 1. The molecule has 33 heavy (non-hydrogen) atoms. The van der Waals surface area contributed by atoms with E-state index >= 15 is 0 Å². The summed E-state index contributed by atoms with van der Waals surface area (Å²) in [6.07, 6.45) is 0.734. The zero-order valence-corrected chi connectivity index (χ0v) is 18.1. The largest absolute Gasteiger partial charge is 0.416 e. The van der Waals surface area contributed by atoms with Gasteiger partial charge >= 0.3 is 6.18 Å². The second-order valence-electron chi connectivity index (χ2n) is 8.23. The van der Waals surface area contributed by atoms with Gasteiger partial charge in [-0.05, 0) is 37.1 Å². The van der Waals surface area contributed by atoms with Crippen molar-refractivity contribution < 1.29 is 13.2 Å². The van der Waals surface area contributed by atoms with Gasteiger partial charge in [0.1, 0.15) is 6.17 Å². The van der Waals surface area contributed by atoms with Gasteiger partial charge in [-0.15, -0.1) is 5.10 Å². The van der Waals surface area contributed by atoms with Crippen molar-refractivity contribution in [2.24, 2.45) is 4.99 Å². The van der Waals surface area contributed by atoms with Crippen molar-refractivity contribution in [3.05, 3.63) is 53.3 Å². The van der Waals surface area contributed by atoms with Crippen LogP contribution in [0.25, 0.3) is 10.9 Å². The van der Waals surface area contributed by atoms with E-state index in [0.717, 1.165) is 36.8 Å². The van der Waals surface area contributed by atoms with Gasteiger partial charge in [-0.25, -0.2) is 0 Å². The summed E-state index contributed by atoms with van der Waals surface area (Å²) >= 11 is 0. The molecule has 2 aliphatic heterocycles. The number of piperazine rings is 1. The van der Waals surface area contributed by atoms with Crippen molar-refractivity contribution in [3.8, 4) is 0 Å². The predicted octanol–water partition coefficient (Wildman–Crippen LogP) is 3.52. The number of benzene rings is 1. The van der Waals surface area contributed by atoms with Gasteiger partial charge in [-0.2, -0.15) is 23.3 Å². The molecule has 0 amide bonds. The highest BCUT2D eigenvalue weighted by Crippen LogP contribution is 2.35. The van der Waals surface area contributed by atoms with Gasteiger partial charge in [0.2, 0.25) is 0 Å². The maximum Gasteiger partial charge on any atom is 0.416 e. The Labute approximate surface area is 188 Å². The fourth-order valence-corrected chi connectivity index (χ4v) is 4.41. The van der Waals surface area contributed by atoms with Gasteiger partial charge in [-0.1, -0.05) is 12.1 Å². The summed E-state index contributed by atoms with van der Waals surface area (Å²) in [7, 11) is 0. The molecule has 2 aromatic heterocycles. The Morgan fingerprint density at radius 3 is 2.88 bits per heavy atom. The molecule has 2 N–H and O–H groups in total. The molecule has 2 aliphatic rings. The van der Waals surface area contributed by atoms with Crippen molar-refractivity contribution in [1.29, 1.82) is 0 Å². The second-order valence-corrected chi connectivity index (χ2v) is 8.23. The molecule has 172 valence electrons. The molecule has 0 aliphatic carbocycles. The number of nitrogens with one attached hydrogen (secondary N) is 2. The number of hydrogen-bond donors (Lipinski definition) is 2. The van der Waals surface area contributed by atoms with E-state index in [4.69, 9.17) is 0 Å². The van der Waals surface area contributed by atoms with E-state index in [2.05, 4.69) is 40.8 Å². The standard InChI is InChI=1S/C22H23F3N8/c1-13-16(4-3-5-18(13)22(23,24)25)14(2)30-21-17-8-15(9-26-19(17)10-28-31-21)32-6-7-33-20(11-32)27-12-29-33/h3-5,8-10,12,14,20H,6-7,11H2,1-2H3,(H,27,29)(H,30,31)/t14-,20?/m1/s1. The van der Waals surface area contributed by atoms with E-state index in [-0.39, 0.29) is 11.7 Å². The third-order valence-corrected chi connectivity index (χ3v) is 6.19. The SMILES string of the molecule is Cc1c([C@@H](C)Nc2nncc3ncc(N4CCN5NC=NC5C4)cc23)cccc1C(F)(F)F. The summed E-state index contributed by atoms with van der Waals surface area (Å²) in [4.78, 5) is 11.2. The number of nitrogens with zero attached hydrogens (tertiary/aromatic N) is 6. The number of alkyl halides is 3. The monoisotopic (exact) mass is 456 g/mol. The van der Waals surface area contributed by atoms with Crippen LogP contribution in [0.15, 0.2) is 41.7 Å². The van der Waals surface area contributed by atoms with E-state index < -0.39 is 17.8 Å². The number of anilines is 2. The molecule has 5 rings (SSSR count). The summed E-state index contributed by atoms with van der Waals surface area (Å²) in [6, 6.07) is 5.80. The highest BCUT2D eigenvalue weighted by molar-refractivity contribution is 5.90. The lowest BCUT2D eigenvalue weighted by Gasteiger charge is -2.36. The average molecular weight is 456 g/mol. The lowest BCUT2D eigenvalue weighted by atomic mass is 9.97. The van der Waals surface area contributed by atoms with Crippen molar-refractivity contribution in [2.45, 2.75) is 32.2 Å². The van der Waals surface area contributed by atoms with Crippen molar-refractivity contribution >= 4 is 28.7 Å². The van der Waals surface area contributed by atoms with Gasteiger partial charge in [0, 0.05) is 18.5 Å². The Balaban J connectivity index is 1.44. The minimum absolute atomic E-state index is 0.0477. The number of rotatable bonds is 4. The van der Waals surface area contributed by atoms with Crippen LogP contribution in [0.4, 0.5) is 24.7 Å². The van der Waals surface area contributed by atoms with Crippen LogP contribution < -0.4 is 15.6 Å². The van der Waals surface area contributed by atoms with E-state index in [1.807, 2.05) is 13.0 Å². The molecule has 0 saturated carbocycles. The predicted molar refractivity (Wildman–Crippen MR) is 120 cm³/mol. The van der Waals surface area contributed by atoms with Crippen LogP contribution in [-0.2, 0) is 6.18 Å². The summed E-state index contributed by atoms with van der Waals surface area (Å²) in [6.45, 7) is 5.64. The number of pyridine rings is 1. The van der Waals surface area contributed by atoms with Crippen molar-refractivity contribution in [3.63, 3.8) is 0 Å². The molecule has 1 unspecified atom stereocenters. The summed E-state index contributed by atoms with van der Waals surface area (Å²) in [5, 5.41) is 14.3. The second kappa shape index (κ2) is 8.14. The molecule has 1 saturated heterocycles. The maximum absolute atomic E-state index is 13.4. The number of halogens is 3. The van der Waals surface area contributed by atoms with Crippen LogP contribution in [0, 0.1) is 6.92 Å². The zero-order valence-electron chi connectivity index (χ0n) is 18.1. The smallest absolute Gasteiger partial charge is 0.365 e. The van der Waals surface area contributed by atoms with Crippen LogP contribution >= 0.6 is 0 Å². The zero-order chi connectivity index (χ0) is 23.2. The van der Waals surface area contributed by atoms with Crippen LogP contribution in [0.2, 0.25) is 0 Å². The number of hydrogen-bond acceptors (Lipinski definition) is 8. The molecule has 0 radical (unpaired) electrons. The minimum Gasteiger partial charge on any atom is -0.365 e. The Kier molecular flexibility index (Phi) is 5.28. The topological polar surface area (TPSA) is 81.6 Å². The van der Waals surface area contributed by atoms with Crippen LogP contribution in [0.3, 0.4) is 0 Å².